The van der Waals surface area contributed by atoms with Gasteiger partial charge in [-0.2, -0.15) is 0 Å². The van der Waals surface area contributed by atoms with Crippen molar-refractivity contribution in [2.24, 2.45) is 0 Å². The molecule has 0 amide bonds. The molecule has 4 nitrogen and oxygen atoms in total. The van der Waals surface area contributed by atoms with Crippen LogP contribution in [0.5, 0.6) is 5.75 Å². The molecule has 0 spiro atoms. The van der Waals surface area contributed by atoms with E-state index in [2.05, 4.69) is 4.98 Å². The number of rotatable bonds is 4. The van der Waals surface area contributed by atoms with Crippen molar-refractivity contribution in [3.05, 3.63) is 47.1 Å². The van der Waals surface area contributed by atoms with E-state index >= 15 is 0 Å². The number of hydrogen-bond donors (Lipinski definition) is 1. The summed E-state index contributed by atoms with van der Waals surface area (Å²) in [6, 6.07) is 9.42. The highest BCUT2D eigenvalue weighted by Gasteiger charge is 2.12. The van der Waals surface area contributed by atoms with Gasteiger partial charge in [-0.1, -0.05) is 23.7 Å². The number of anilines is 2. The van der Waals surface area contributed by atoms with Crippen molar-refractivity contribution in [2.75, 3.05) is 19.1 Å². The number of para-hydroxylation sites is 2. The first-order chi connectivity index (χ1) is 9.17. The summed E-state index contributed by atoms with van der Waals surface area (Å²) in [7, 11) is 3.51. The Labute approximate surface area is 117 Å². The topological polar surface area (TPSA) is 45.6 Å². The minimum atomic E-state index is -0.117. The van der Waals surface area contributed by atoms with Crippen LogP contribution in [-0.2, 0) is 6.61 Å². The number of nitrogens with zero attached hydrogens (tertiary/aromatic N) is 2. The fourth-order valence-corrected chi connectivity index (χ4v) is 1.97. The first kappa shape index (κ1) is 13.6. The van der Waals surface area contributed by atoms with Crippen LogP contribution in [0.1, 0.15) is 5.56 Å². The molecule has 0 aliphatic heterocycles. The highest BCUT2D eigenvalue weighted by molar-refractivity contribution is 6.31. The Bertz CT molecular complexity index is 575. The Morgan fingerprint density at radius 1 is 1.37 bits per heavy atom. The van der Waals surface area contributed by atoms with E-state index in [9.17, 15) is 5.11 Å². The third-order valence-electron chi connectivity index (χ3n) is 2.88. The molecule has 1 aromatic carbocycles. The maximum Gasteiger partial charge on any atom is 0.142 e. The van der Waals surface area contributed by atoms with E-state index in [-0.39, 0.29) is 6.61 Å². The Kier molecular flexibility index (Phi) is 4.24. The summed E-state index contributed by atoms with van der Waals surface area (Å²) in [6.07, 6.45) is 1.54. The maximum atomic E-state index is 9.24. The number of aliphatic hydroxyl groups excluding tert-OH is 1. The molecule has 0 unspecified atom stereocenters. The highest BCUT2D eigenvalue weighted by atomic mass is 35.5. The van der Waals surface area contributed by atoms with E-state index in [1.54, 1.807) is 13.2 Å². The van der Waals surface area contributed by atoms with Crippen LogP contribution in [0.4, 0.5) is 11.5 Å². The predicted molar refractivity (Wildman–Crippen MR) is 76.2 cm³/mol. The van der Waals surface area contributed by atoms with Crippen LogP contribution in [-0.4, -0.2) is 24.2 Å². The molecule has 0 atom stereocenters. The molecule has 100 valence electrons. The first-order valence-electron chi connectivity index (χ1n) is 5.79. The summed E-state index contributed by atoms with van der Waals surface area (Å²) in [6.45, 7) is -0.117. The molecule has 2 rings (SSSR count). The minimum Gasteiger partial charge on any atom is -0.495 e. The predicted octanol–water partition coefficient (Wildman–Crippen LogP) is 3.00. The summed E-state index contributed by atoms with van der Waals surface area (Å²) in [5.41, 5.74) is 1.54. The van der Waals surface area contributed by atoms with Gasteiger partial charge in [0, 0.05) is 18.8 Å². The lowest BCUT2D eigenvalue weighted by molar-refractivity contribution is 0.282. The van der Waals surface area contributed by atoms with E-state index in [1.807, 2.05) is 36.2 Å². The number of hydrogen-bond acceptors (Lipinski definition) is 4. The smallest absolute Gasteiger partial charge is 0.142 e. The zero-order valence-electron chi connectivity index (χ0n) is 10.8. The van der Waals surface area contributed by atoms with Crippen LogP contribution in [0.3, 0.4) is 0 Å². The quantitative estimate of drug-likeness (QED) is 0.934. The van der Waals surface area contributed by atoms with Crippen molar-refractivity contribution >= 4 is 23.1 Å². The van der Waals surface area contributed by atoms with Gasteiger partial charge in [0.25, 0.3) is 0 Å². The number of ether oxygens (including phenoxy) is 1. The minimum absolute atomic E-state index is 0.117. The van der Waals surface area contributed by atoms with Gasteiger partial charge in [-0.25, -0.2) is 4.98 Å². The number of halogens is 1. The molecule has 1 heterocycles. The zero-order valence-corrected chi connectivity index (χ0v) is 11.6. The molecular weight excluding hydrogens is 264 g/mol. The number of pyridine rings is 1. The van der Waals surface area contributed by atoms with Crippen LogP contribution in [0.2, 0.25) is 5.02 Å². The van der Waals surface area contributed by atoms with Gasteiger partial charge >= 0.3 is 0 Å². The van der Waals surface area contributed by atoms with E-state index in [0.29, 0.717) is 16.4 Å². The summed E-state index contributed by atoms with van der Waals surface area (Å²) in [4.78, 5) is 6.15. The van der Waals surface area contributed by atoms with Gasteiger partial charge < -0.3 is 14.7 Å². The standard InChI is InChI=1S/C14H15ClN2O2/c1-17(12-5-3-4-6-13(12)19-2)14-7-10(9-18)11(15)8-16-14/h3-8,18H,9H2,1-2H3. The molecule has 0 radical (unpaired) electrons. The normalized spacial score (nSPS) is 10.3. The van der Waals surface area contributed by atoms with Gasteiger partial charge in [-0.05, 0) is 18.2 Å². The third kappa shape index (κ3) is 2.80. The van der Waals surface area contributed by atoms with Crippen LogP contribution < -0.4 is 9.64 Å². The molecule has 0 bridgehead atoms. The Balaban J connectivity index is 2.41. The number of benzene rings is 1. The van der Waals surface area contributed by atoms with E-state index in [4.69, 9.17) is 16.3 Å². The Hall–Kier alpha value is -1.78. The first-order valence-corrected chi connectivity index (χ1v) is 6.17. The van der Waals surface area contributed by atoms with Crippen molar-refractivity contribution in [2.45, 2.75) is 6.61 Å². The molecular formula is C14H15ClN2O2. The zero-order chi connectivity index (χ0) is 13.8. The lowest BCUT2D eigenvalue weighted by Crippen LogP contribution is -2.12. The molecule has 0 aliphatic carbocycles. The van der Waals surface area contributed by atoms with Crippen LogP contribution in [0.15, 0.2) is 36.5 Å². The lowest BCUT2D eigenvalue weighted by atomic mass is 10.2. The molecule has 1 aromatic heterocycles. The molecule has 19 heavy (non-hydrogen) atoms. The van der Waals surface area contributed by atoms with Crippen molar-refractivity contribution in [3.63, 3.8) is 0 Å². The molecule has 0 saturated carbocycles. The largest absolute Gasteiger partial charge is 0.495 e. The monoisotopic (exact) mass is 278 g/mol. The number of aromatic nitrogens is 1. The summed E-state index contributed by atoms with van der Waals surface area (Å²) >= 11 is 5.94. The van der Waals surface area contributed by atoms with Crippen LogP contribution in [0, 0.1) is 0 Å². The fourth-order valence-electron chi connectivity index (χ4n) is 1.80. The second kappa shape index (κ2) is 5.91. The van der Waals surface area contributed by atoms with Crippen molar-refractivity contribution < 1.29 is 9.84 Å². The highest BCUT2D eigenvalue weighted by Crippen LogP contribution is 2.32. The van der Waals surface area contributed by atoms with E-state index in [0.717, 1.165) is 11.4 Å². The van der Waals surface area contributed by atoms with E-state index in [1.165, 1.54) is 6.20 Å². The average Bonchev–Trinajstić information content (AvgIpc) is 2.47. The van der Waals surface area contributed by atoms with Gasteiger partial charge in [0.15, 0.2) is 0 Å². The maximum absolute atomic E-state index is 9.24. The second-order valence-electron chi connectivity index (χ2n) is 4.02. The molecule has 5 heteroatoms. The summed E-state index contributed by atoms with van der Waals surface area (Å²) < 4.78 is 5.32. The SMILES string of the molecule is COc1ccccc1N(C)c1cc(CO)c(Cl)cn1. The Morgan fingerprint density at radius 3 is 2.79 bits per heavy atom. The van der Waals surface area contributed by atoms with Gasteiger partial charge in [-0.3, -0.25) is 0 Å². The average molecular weight is 279 g/mol. The van der Waals surface area contributed by atoms with Crippen molar-refractivity contribution in [1.82, 2.24) is 4.98 Å². The number of aliphatic hydroxyl groups is 1. The van der Waals surface area contributed by atoms with Gasteiger partial charge in [0.1, 0.15) is 11.6 Å². The van der Waals surface area contributed by atoms with Gasteiger partial charge in [0.05, 0.1) is 24.4 Å². The van der Waals surface area contributed by atoms with Gasteiger partial charge in [-0.15, -0.1) is 0 Å². The molecule has 0 aliphatic rings. The fraction of sp³-hybridized carbons (Fsp3) is 0.214. The van der Waals surface area contributed by atoms with Crippen LogP contribution in [0.25, 0.3) is 0 Å². The van der Waals surface area contributed by atoms with E-state index < -0.39 is 0 Å². The summed E-state index contributed by atoms with van der Waals surface area (Å²) in [5, 5.41) is 9.70. The third-order valence-corrected chi connectivity index (χ3v) is 3.22. The summed E-state index contributed by atoms with van der Waals surface area (Å²) in [5.74, 6) is 1.45. The Morgan fingerprint density at radius 2 is 2.11 bits per heavy atom. The molecule has 2 aromatic rings. The second-order valence-corrected chi connectivity index (χ2v) is 4.43. The van der Waals surface area contributed by atoms with Gasteiger partial charge in [0.2, 0.25) is 0 Å². The van der Waals surface area contributed by atoms with Crippen LogP contribution >= 0.6 is 11.6 Å². The molecule has 0 fully saturated rings. The molecule has 1 N–H and O–H groups in total. The number of methoxy groups -OCH3 is 1. The lowest BCUT2D eigenvalue weighted by Gasteiger charge is -2.21. The van der Waals surface area contributed by atoms with Crippen molar-refractivity contribution in [3.8, 4) is 5.75 Å². The van der Waals surface area contributed by atoms with Crippen molar-refractivity contribution in [1.29, 1.82) is 0 Å². The molecule has 0 saturated heterocycles.